The van der Waals surface area contributed by atoms with Crippen LogP contribution >= 0.6 is 35.6 Å². The fourth-order valence-corrected chi connectivity index (χ4v) is 2.33. The number of hydrogen-bond acceptors (Lipinski definition) is 3. The van der Waals surface area contributed by atoms with Crippen molar-refractivity contribution in [1.82, 2.24) is 19.8 Å². The van der Waals surface area contributed by atoms with Crippen LogP contribution in [0.4, 0.5) is 0 Å². The van der Waals surface area contributed by atoms with Gasteiger partial charge in [0.25, 0.3) is 0 Å². The minimum absolute atomic E-state index is 0. The van der Waals surface area contributed by atoms with E-state index >= 15 is 0 Å². The Kier molecular flexibility index (Phi) is 9.34. The van der Waals surface area contributed by atoms with Gasteiger partial charge in [-0.2, -0.15) is 0 Å². The van der Waals surface area contributed by atoms with Gasteiger partial charge < -0.3 is 19.2 Å². The highest BCUT2D eigenvalue weighted by atomic mass is 127. The number of aromatic nitrogens is 2. The third-order valence-electron chi connectivity index (χ3n) is 3.96. The topological polar surface area (TPSA) is 58.6 Å². The molecule has 25 heavy (non-hydrogen) atoms. The monoisotopic (exact) mass is 479 g/mol. The van der Waals surface area contributed by atoms with E-state index in [9.17, 15) is 0 Å². The van der Waals surface area contributed by atoms with E-state index < -0.39 is 0 Å². The van der Waals surface area contributed by atoms with E-state index in [1.807, 2.05) is 30.8 Å². The average molecular weight is 480 g/mol. The molecule has 8 heteroatoms. The molecular weight excluding hydrogens is 453 g/mol. The highest BCUT2D eigenvalue weighted by molar-refractivity contribution is 14.0. The number of halogens is 2. The van der Waals surface area contributed by atoms with Crippen molar-refractivity contribution in [3.05, 3.63) is 41.3 Å². The van der Waals surface area contributed by atoms with Gasteiger partial charge in [-0.15, -0.1) is 24.0 Å². The molecule has 0 radical (unpaired) electrons. The molecule has 1 N–H and O–H groups in total. The molecule has 0 saturated carbocycles. The quantitative estimate of drug-likeness (QED) is 0.374. The number of aliphatic imine (C=N–C) groups is 1. The number of hydrogen-bond donors (Lipinski definition) is 1. The molecule has 0 spiro atoms. The van der Waals surface area contributed by atoms with Crippen LogP contribution in [0.5, 0.6) is 0 Å². The second kappa shape index (κ2) is 10.7. The van der Waals surface area contributed by atoms with Gasteiger partial charge in [0, 0.05) is 33.1 Å². The Labute approximate surface area is 171 Å². The second-order valence-corrected chi connectivity index (χ2v) is 6.29. The summed E-state index contributed by atoms with van der Waals surface area (Å²) in [5, 5.41) is 4.10. The third kappa shape index (κ3) is 6.54. The summed E-state index contributed by atoms with van der Waals surface area (Å²) >= 11 is 6.07. The normalized spacial score (nSPS) is 12.6. The Morgan fingerprint density at radius 3 is 2.84 bits per heavy atom. The third-order valence-corrected chi connectivity index (χ3v) is 4.31. The molecule has 0 bridgehead atoms. The predicted molar refractivity (Wildman–Crippen MR) is 113 cm³/mol. The van der Waals surface area contributed by atoms with E-state index in [-0.39, 0.29) is 24.0 Å². The second-order valence-electron chi connectivity index (χ2n) is 5.90. The molecule has 0 amide bonds. The van der Waals surface area contributed by atoms with Gasteiger partial charge in [0.05, 0.1) is 19.0 Å². The highest BCUT2D eigenvalue weighted by Gasteiger charge is 2.13. The number of nitrogens with one attached hydrogen (secondary N) is 1. The maximum atomic E-state index is 6.07. The summed E-state index contributed by atoms with van der Waals surface area (Å²) in [5.74, 6) is 2.70. The molecule has 0 saturated heterocycles. The number of furan rings is 1. The maximum absolute atomic E-state index is 6.07. The molecule has 2 aromatic heterocycles. The predicted octanol–water partition coefficient (Wildman–Crippen LogP) is 3.70. The van der Waals surface area contributed by atoms with Crippen molar-refractivity contribution in [2.75, 3.05) is 13.6 Å². The van der Waals surface area contributed by atoms with Crippen molar-refractivity contribution in [1.29, 1.82) is 0 Å². The lowest BCUT2D eigenvalue weighted by molar-refractivity contribution is 0.439. The van der Waals surface area contributed by atoms with Crippen LogP contribution in [-0.4, -0.2) is 40.0 Å². The summed E-state index contributed by atoms with van der Waals surface area (Å²) in [4.78, 5) is 11.1. The minimum atomic E-state index is 0. The molecule has 1 atom stereocenters. The number of nitrogens with zero attached hydrogens (tertiary/aromatic N) is 4. The zero-order valence-electron chi connectivity index (χ0n) is 15.2. The zero-order chi connectivity index (χ0) is 17.5. The summed E-state index contributed by atoms with van der Waals surface area (Å²) in [6.07, 6.45) is 5.16. The molecule has 2 aromatic rings. The van der Waals surface area contributed by atoms with E-state index in [1.165, 1.54) is 0 Å². The fourth-order valence-electron chi connectivity index (χ4n) is 2.18. The molecule has 2 heterocycles. The Balaban J connectivity index is 0.00000312. The summed E-state index contributed by atoms with van der Waals surface area (Å²) in [6.45, 7) is 5.59. The van der Waals surface area contributed by atoms with Crippen LogP contribution in [0.1, 0.15) is 31.9 Å². The van der Waals surface area contributed by atoms with Crippen LogP contribution in [0.3, 0.4) is 0 Å². The van der Waals surface area contributed by atoms with Crippen molar-refractivity contribution in [3.8, 4) is 0 Å². The van der Waals surface area contributed by atoms with Gasteiger partial charge in [-0.25, -0.2) is 4.98 Å². The summed E-state index contributed by atoms with van der Waals surface area (Å²) in [5.41, 5.74) is 0. The van der Waals surface area contributed by atoms with Gasteiger partial charge >= 0.3 is 0 Å². The lowest BCUT2D eigenvalue weighted by Gasteiger charge is -2.25. The van der Waals surface area contributed by atoms with Crippen molar-refractivity contribution >= 4 is 41.5 Å². The zero-order valence-corrected chi connectivity index (χ0v) is 18.3. The van der Waals surface area contributed by atoms with Gasteiger partial charge in [-0.3, -0.25) is 4.99 Å². The molecule has 0 aliphatic carbocycles. The van der Waals surface area contributed by atoms with Gasteiger partial charge in [0.15, 0.2) is 5.96 Å². The largest absolute Gasteiger partial charge is 0.469 e. The van der Waals surface area contributed by atoms with Crippen LogP contribution < -0.4 is 5.32 Å². The molecular formula is C17H27ClIN5O. The molecule has 0 aromatic carbocycles. The first kappa shape index (κ1) is 21.8. The summed E-state index contributed by atoms with van der Waals surface area (Å²) in [6, 6.07) is 4.21. The molecule has 140 valence electrons. The molecule has 6 nitrogen and oxygen atoms in total. The van der Waals surface area contributed by atoms with E-state index in [0.717, 1.165) is 30.4 Å². The number of rotatable bonds is 7. The van der Waals surface area contributed by atoms with E-state index in [2.05, 4.69) is 29.0 Å². The van der Waals surface area contributed by atoms with Crippen LogP contribution in [-0.2, 0) is 20.0 Å². The van der Waals surface area contributed by atoms with Gasteiger partial charge in [-0.05, 0) is 25.5 Å². The van der Waals surface area contributed by atoms with Crippen LogP contribution in [0.15, 0.2) is 34.0 Å². The first-order valence-corrected chi connectivity index (χ1v) is 8.59. The Bertz CT molecular complexity index is 656. The average Bonchev–Trinajstić information content (AvgIpc) is 3.19. The van der Waals surface area contributed by atoms with Crippen molar-refractivity contribution in [2.45, 2.75) is 39.3 Å². The summed E-state index contributed by atoms with van der Waals surface area (Å²) in [7, 11) is 3.91. The van der Waals surface area contributed by atoms with Crippen molar-refractivity contribution < 1.29 is 4.42 Å². The first-order chi connectivity index (χ1) is 11.5. The Morgan fingerprint density at radius 2 is 2.28 bits per heavy atom. The van der Waals surface area contributed by atoms with Crippen LogP contribution in [0, 0.1) is 0 Å². The standard InChI is InChI=1S/C17H26ClN5O.HI/c1-5-13(2)21-17(19-9-8-14-7-6-10-24-14)22(3)12-16-20-11-15(18)23(16)4;/h6-7,10-11,13H,5,8-9,12H2,1-4H3,(H,19,21);1H. The fraction of sp³-hybridized carbons (Fsp3) is 0.529. The molecule has 0 fully saturated rings. The summed E-state index contributed by atoms with van der Waals surface area (Å²) < 4.78 is 7.24. The lowest BCUT2D eigenvalue weighted by atomic mass is 10.3. The Hall–Kier alpha value is -1.22. The van der Waals surface area contributed by atoms with Crippen molar-refractivity contribution in [3.63, 3.8) is 0 Å². The molecule has 0 aliphatic rings. The van der Waals surface area contributed by atoms with Gasteiger partial charge in [-0.1, -0.05) is 18.5 Å². The van der Waals surface area contributed by atoms with E-state index in [1.54, 1.807) is 12.5 Å². The SMILES string of the molecule is CCC(C)NC(=NCCc1ccco1)N(C)Cc1ncc(Cl)n1C.I. The number of guanidine groups is 1. The van der Waals surface area contributed by atoms with Gasteiger partial charge in [0.1, 0.15) is 16.7 Å². The molecule has 1 unspecified atom stereocenters. The van der Waals surface area contributed by atoms with Gasteiger partial charge in [0.2, 0.25) is 0 Å². The number of imidazole rings is 1. The highest BCUT2D eigenvalue weighted by Crippen LogP contribution is 2.11. The van der Waals surface area contributed by atoms with Crippen LogP contribution in [0.25, 0.3) is 0 Å². The molecule has 0 aliphatic heterocycles. The minimum Gasteiger partial charge on any atom is -0.469 e. The Morgan fingerprint density at radius 1 is 1.52 bits per heavy atom. The maximum Gasteiger partial charge on any atom is 0.194 e. The molecule has 2 rings (SSSR count). The smallest absolute Gasteiger partial charge is 0.194 e. The van der Waals surface area contributed by atoms with E-state index in [4.69, 9.17) is 21.0 Å². The van der Waals surface area contributed by atoms with Crippen LogP contribution in [0.2, 0.25) is 5.15 Å². The van der Waals surface area contributed by atoms with E-state index in [0.29, 0.717) is 24.3 Å². The van der Waals surface area contributed by atoms with Crippen molar-refractivity contribution in [2.24, 2.45) is 12.0 Å². The lowest BCUT2D eigenvalue weighted by Crippen LogP contribution is -2.43. The first-order valence-electron chi connectivity index (χ1n) is 8.21.